The van der Waals surface area contributed by atoms with Crippen LogP contribution in [0.1, 0.15) is 16.1 Å². The van der Waals surface area contributed by atoms with Crippen molar-refractivity contribution in [3.63, 3.8) is 0 Å². The monoisotopic (exact) mass is 261 g/mol. The number of hydrogen-bond acceptors (Lipinski definition) is 4. The van der Waals surface area contributed by atoms with Gasteiger partial charge in [0.15, 0.2) is 11.5 Å². The first-order chi connectivity index (χ1) is 9.00. The molecule has 6 nitrogen and oxygen atoms in total. The molecule has 1 aromatic carbocycles. The number of rotatable bonds is 2. The largest absolute Gasteiger partial charge is 0.475 e. The molecule has 3 rings (SSSR count). The predicted molar refractivity (Wildman–Crippen MR) is 65.7 cm³/mol. The van der Waals surface area contributed by atoms with Crippen LogP contribution in [0, 0.1) is 6.92 Å². The van der Waals surface area contributed by atoms with E-state index >= 15 is 0 Å². The molecule has 0 bridgehead atoms. The summed E-state index contributed by atoms with van der Waals surface area (Å²) in [5.41, 5.74) is 1.54. The smallest absolute Gasteiger partial charge is 0.377 e. The average Bonchev–Trinajstić information content (AvgIpc) is 2.91. The van der Waals surface area contributed by atoms with Gasteiger partial charge in [0.2, 0.25) is 6.79 Å². The highest BCUT2D eigenvalue weighted by Gasteiger charge is 2.26. The molecule has 6 heteroatoms. The molecular weight excluding hydrogens is 250 g/mol. The van der Waals surface area contributed by atoms with Gasteiger partial charge < -0.3 is 19.1 Å². The predicted octanol–water partition coefficient (Wildman–Crippen LogP) is 1.48. The second kappa shape index (κ2) is 3.74. The second-order valence-electron chi connectivity index (χ2n) is 4.38. The van der Waals surface area contributed by atoms with Crippen LogP contribution in [-0.4, -0.2) is 28.2 Å². The average molecular weight is 261 g/mol. The summed E-state index contributed by atoms with van der Waals surface area (Å²) >= 11 is 0. The van der Waals surface area contributed by atoms with Crippen molar-refractivity contribution < 1.29 is 24.2 Å². The number of carbonyl (C=O) groups is 2. The van der Waals surface area contributed by atoms with Gasteiger partial charge in [0.1, 0.15) is 0 Å². The minimum atomic E-state index is -1.46. The first-order valence-corrected chi connectivity index (χ1v) is 5.67. The maximum absolute atomic E-state index is 11.8. The van der Waals surface area contributed by atoms with Crippen LogP contribution in [0.3, 0.4) is 0 Å². The zero-order chi connectivity index (χ0) is 13.7. The highest BCUT2D eigenvalue weighted by molar-refractivity contribution is 6.42. The first kappa shape index (κ1) is 11.6. The van der Waals surface area contributed by atoms with Crippen molar-refractivity contribution in [2.75, 3.05) is 6.79 Å². The third-order valence-corrected chi connectivity index (χ3v) is 3.41. The fourth-order valence-electron chi connectivity index (χ4n) is 2.35. The maximum Gasteiger partial charge on any atom is 0.377 e. The van der Waals surface area contributed by atoms with Crippen molar-refractivity contribution in [2.24, 2.45) is 7.05 Å². The van der Waals surface area contributed by atoms with E-state index in [1.807, 2.05) is 0 Å². The minimum Gasteiger partial charge on any atom is -0.475 e. The zero-order valence-electron chi connectivity index (χ0n) is 10.4. The Hall–Kier alpha value is -2.50. The Kier molecular flexibility index (Phi) is 2.28. The van der Waals surface area contributed by atoms with Crippen LogP contribution >= 0.6 is 0 Å². The summed E-state index contributed by atoms with van der Waals surface area (Å²) in [6.45, 7) is 1.84. The van der Waals surface area contributed by atoms with E-state index in [0.717, 1.165) is 5.52 Å². The first-order valence-electron chi connectivity index (χ1n) is 5.67. The van der Waals surface area contributed by atoms with Crippen LogP contribution in [-0.2, 0) is 11.8 Å². The van der Waals surface area contributed by atoms with Crippen LogP contribution < -0.4 is 9.47 Å². The normalized spacial score (nSPS) is 12.9. The lowest BCUT2D eigenvalue weighted by Gasteiger charge is -1.99. The van der Waals surface area contributed by atoms with E-state index < -0.39 is 11.8 Å². The molecule has 0 saturated heterocycles. The lowest BCUT2D eigenvalue weighted by atomic mass is 10.1. The number of ketones is 1. The number of Topliss-reactive ketones (excluding diaryl/α,β-unsaturated/α-hetero) is 1. The van der Waals surface area contributed by atoms with Gasteiger partial charge in [-0.05, 0) is 13.0 Å². The molecule has 0 aliphatic carbocycles. The van der Waals surface area contributed by atoms with Gasteiger partial charge in [0.05, 0.1) is 11.1 Å². The molecular formula is C13H11NO5. The SMILES string of the molecule is Cc1c(C(=O)C(=O)O)c2cc3c(cc2n1C)OCO3. The van der Waals surface area contributed by atoms with Gasteiger partial charge in [-0.2, -0.15) is 0 Å². The molecule has 0 atom stereocenters. The number of fused-ring (bicyclic) bond motifs is 2. The van der Waals surface area contributed by atoms with Crippen LogP contribution in [0.15, 0.2) is 12.1 Å². The quantitative estimate of drug-likeness (QED) is 0.654. The summed E-state index contributed by atoms with van der Waals surface area (Å²) < 4.78 is 12.3. The Morgan fingerprint density at radius 3 is 2.53 bits per heavy atom. The van der Waals surface area contributed by atoms with E-state index in [1.54, 1.807) is 30.7 Å². The molecule has 1 aromatic heterocycles. The number of carbonyl (C=O) groups excluding carboxylic acids is 1. The fraction of sp³-hybridized carbons (Fsp3) is 0.231. The van der Waals surface area contributed by atoms with Crippen molar-refractivity contribution in [1.82, 2.24) is 4.57 Å². The Bertz CT molecular complexity index is 728. The number of carboxylic acids is 1. The van der Waals surface area contributed by atoms with E-state index in [4.69, 9.17) is 14.6 Å². The molecule has 0 fully saturated rings. The van der Waals surface area contributed by atoms with Gasteiger partial charge in [-0.3, -0.25) is 4.79 Å². The highest BCUT2D eigenvalue weighted by atomic mass is 16.7. The van der Waals surface area contributed by atoms with E-state index in [2.05, 4.69) is 0 Å². The third kappa shape index (κ3) is 1.49. The molecule has 19 heavy (non-hydrogen) atoms. The molecule has 0 spiro atoms. The van der Waals surface area contributed by atoms with Crippen LogP contribution in [0.5, 0.6) is 11.5 Å². The van der Waals surface area contributed by atoms with E-state index in [1.165, 1.54) is 0 Å². The Morgan fingerprint density at radius 2 is 1.89 bits per heavy atom. The summed E-state index contributed by atoms with van der Waals surface area (Å²) in [6.07, 6.45) is 0. The van der Waals surface area contributed by atoms with E-state index in [9.17, 15) is 9.59 Å². The van der Waals surface area contributed by atoms with Gasteiger partial charge in [0, 0.05) is 24.2 Å². The number of hydrogen-bond donors (Lipinski definition) is 1. The summed E-state index contributed by atoms with van der Waals surface area (Å²) in [5, 5.41) is 9.47. The van der Waals surface area contributed by atoms with Crippen LogP contribution in [0.4, 0.5) is 0 Å². The second-order valence-corrected chi connectivity index (χ2v) is 4.38. The van der Waals surface area contributed by atoms with Crippen molar-refractivity contribution in [3.05, 3.63) is 23.4 Å². The maximum atomic E-state index is 11.8. The number of aliphatic carboxylic acids is 1. The third-order valence-electron chi connectivity index (χ3n) is 3.41. The molecule has 1 N–H and O–H groups in total. The molecule has 98 valence electrons. The molecule has 2 heterocycles. The number of aryl methyl sites for hydroxylation is 1. The molecule has 0 radical (unpaired) electrons. The number of nitrogens with zero attached hydrogens (tertiary/aromatic N) is 1. The van der Waals surface area contributed by atoms with Crippen molar-refractivity contribution in [2.45, 2.75) is 6.92 Å². The molecule has 0 amide bonds. The lowest BCUT2D eigenvalue weighted by Crippen LogP contribution is -2.13. The number of aromatic nitrogens is 1. The van der Waals surface area contributed by atoms with Crippen molar-refractivity contribution in [3.8, 4) is 11.5 Å². The molecule has 2 aromatic rings. The lowest BCUT2D eigenvalue weighted by molar-refractivity contribution is -0.131. The number of carboxylic acid groups (broad SMARTS) is 1. The van der Waals surface area contributed by atoms with Gasteiger partial charge in [-0.15, -0.1) is 0 Å². The van der Waals surface area contributed by atoms with Gasteiger partial charge in [-0.1, -0.05) is 0 Å². The number of benzene rings is 1. The standard InChI is InChI=1S/C13H11NO5/c1-6-11(12(15)13(16)17)7-3-9-10(19-5-18-9)4-8(7)14(6)2/h3-4H,5H2,1-2H3,(H,16,17). The van der Waals surface area contributed by atoms with Gasteiger partial charge in [-0.25, -0.2) is 4.79 Å². The van der Waals surface area contributed by atoms with Gasteiger partial charge in [0.25, 0.3) is 5.78 Å². The van der Waals surface area contributed by atoms with E-state index in [0.29, 0.717) is 22.6 Å². The Morgan fingerprint density at radius 1 is 1.26 bits per heavy atom. The summed E-state index contributed by atoms with van der Waals surface area (Å²) in [7, 11) is 1.78. The Labute approximate surface area is 108 Å². The molecule has 0 unspecified atom stereocenters. The van der Waals surface area contributed by atoms with Crippen LogP contribution in [0.2, 0.25) is 0 Å². The molecule has 0 saturated carbocycles. The van der Waals surface area contributed by atoms with Crippen LogP contribution in [0.25, 0.3) is 10.9 Å². The summed E-state index contributed by atoms with van der Waals surface area (Å²) in [4.78, 5) is 22.7. The minimum absolute atomic E-state index is 0.132. The zero-order valence-corrected chi connectivity index (χ0v) is 10.4. The molecule has 1 aliphatic rings. The Balaban J connectivity index is 2.36. The fourth-order valence-corrected chi connectivity index (χ4v) is 2.35. The number of ether oxygens (including phenoxy) is 2. The topological polar surface area (TPSA) is 77.8 Å². The van der Waals surface area contributed by atoms with Gasteiger partial charge >= 0.3 is 5.97 Å². The van der Waals surface area contributed by atoms with Crippen molar-refractivity contribution >= 4 is 22.7 Å². The summed E-state index contributed by atoms with van der Waals surface area (Å²) in [6, 6.07) is 3.41. The summed E-state index contributed by atoms with van der Waals surface area (Å²) in [5.74, 6) is -1.25. The van der Waals surface area contributed by atoms with E-state index in [-0.39, 0.29) is 12.4 Å². The van der Waals surface area contributed by atoms with Crippen molar-refractivity contribution in [1.29, 1.82) is 0 Å². The molecule has 1 aliphatic heterocycles. The highest BCUT2D eigenvalue weighted by Crippen LogP contribution is 2.38.